The van der Waals surface area contributed by atoms with E-state index >= 15 is 0 Å². The van der Waals surface area contributed by atoms with E-state index in [0.717, 1.165) is 18.2 Å². The zero-order valence-corrected chi connectivity index (χ0v) is 17.0. The van der Waals surface area contributed by atoms with Gasteiger partial charge in [0.2, 0.25) is 0 Å². The van der Waals surface area contributed by atoms with Crippen LogP contribution in [0.3, 0.4) is 0 Å². The third kappa shape index (κ3) is 4.57. The molecule has 3 rings (SSSR count). The van der Waals surface area contributed by atoms with E-state index in [2.05, 4.69) is 4.72 Å². The number of anilines is 2. The summed E-state index contributed by atoms with van der Waals surface area (Å²) in [5, 5.41) is 0. The van der Waals surface area contributed by atoms with Gasteiger partial charge in [0.15, 0.2) is 0 Å². The Morgan fingerprint density at radius 3 is 2.07 bits per heavy atom. The molecule has 158 valence electrons. The van der Waals surface area contributed by atoms with Gasteiger partial charge in [0.1, 0.15) is 22.3 Å². The molecule has 0 saturated carbocycles. The van der Waals surface area contributed by atoms with Crippen molar-refractivity contribution in [3.63, 3.8) is 0 Å². The molecule has 6 nitrogen and oxygen atoms in total. The van der Waals surface area contributed by atoms with E-state index in [0.29, 0.717) is 12.1 Å². The maximum atomic E-state index is 13.9. The Bertz CT molecular complexity index is 1330. The molecule has 0 atom stereocenters. The van der Waals surface area contributed by atoms with Crippen LogP contribution in [0.25, 0.3) is 0 Å². The molecule has 0 heterocycles. The second kappa shape index (κ2) is 8.00. The summed E-state index contributed by atoms with van der Waals surface area (Å²) in [5.41, 5.74) is -0.249. The number of benzene rings is 3. The van der Waals surface area contributed by atoms with Crippen molar-refractivity contribution in [2.24, 2.45) is 0 Å². The van der Waals surface area contributed by atoms with Crippen LogP contribution in [-0.2, 0) is 20.0 Å². The number of nitrogens with one attached hydrogen (secondary N) is 2. The molecule has 30 heavy (non-hydrogen) atoms. The molecular formula is C19H15F3N2O4S2. The van der Waals surface area contributed by atoms with Crippen molar-refractivity contribution in [1.29, 1.82) is 0 Å². The number of aryl methyl sites for hydroxylation is 1. The molecule has 0 aliphatic carbocycles. The van der Waals surface area contributed by atoms with Crippen molar-refractivity contribution in [2.75, 3.05) is 9.44 Å². The van der Waals surface area contributed by atoms with E-state index in [9.17, 15) is 30.0 Å². The van der Waals surface area contributed by atoms with Gasteiger partial charge >= 0.3 is 0 Å². The van der Waals surface area contributed by atoms with Crippen LogP contribution in [0.15, 0.2) is 70.5 Å². The molecule has 0 fully saturated rings. The smallest absolute Gasteiger partial charge is 0.264 e. The summed E-state index contributed by atoms with van der Waals surface area (Å²) in [6, 6.07) is 10.6. The molecule has 0 spiro atoms. The summed E-state index contributed by atoms with van der Waals surface area (Å²) >= 11 is 0. The predicted octanol–water partition coefficient (Wildman–Crippen LogP) is 4.01. The van der Waals surface area contributed by atoms with Crippen LogP contribution in [0.2, 0.25) is 0 Å². The average molecular weight is 456 g/mol. The van der Waals surface area contributed by atoms with Crippen molar-refractivity contribution < 1.29 is 30.0 Å². The molecule has 3 aromatic rings. The maximum absolute atomic E-state index is 13.9. The lowest BCUT2D eigenvalue weighted by atomic mass is 10.2. The van der Waals surface area contributed by atoms with E-state index < -0.39 is 42.4 Å². The Morgan fingerprint density at radius 2 is 1.37 bits per heavy atom. The average Bonchev–Trinajstić information content (AvgIpc) is 2.66. The van der Waals surface area contributed by atoms with Crippen LogP contribution < -0.4 is 9.44 Å². The molecule has 0 aliphatic rings. The first kappa shape index (κ1) is 21.7. The molecule has 0 saturated heterocycles. The minimum absolute atomic E-state index is 0.210. The molecule has 0 radical (unpaired) electrons. The highest BCUT2D eigenvalue weighted by Gasteiger charge is 2.23. The van der Waals surface area contributed by atoms with Crippen molar-refractivity contribution in [3.8, 4) is 0 Å². The van der Waals surface area contributed by atoms with Crippen molar-refractivity contribution in [3.05, 3.63) is 83.7 Å². The van der Waals surface area contributed by atoms with Crippen LogP contribution in [0.1, 0.15) is 5.56 Å². The highest BCUT2D eigenvalue weighted by atomic mass is 32.2. The normalized spacial score (nSPS) is 11.9. The summed E-state index contributed by atoms with van der Waals surface area (Å²) in [4.78, 5) is -1.26. The number of halogens is 3. The second-order valence-corrected chi connectivity index (χ2v) is 9.55. The lowest BCUT2D eigenvalue weighted by molar-refractivity contribution is 0.555. The van der Waals surface area contributed by atoms with Crippen LogP contribution in [0.4, 0.5) is 24.5 Å². The summed E-state index contributed by atoms with van der Waals surface area (Å²) in [6.45, 7) is 1.46. The summed E-state index contributed by atoms with van der Waals surface area (Å²) < 4.78 is 95.4. The van der Waals surface area contributed by atoms with E-state index in [4.69, 9.17) is 0 Å². The van der Waals surface area contributed by atoms with E-state index in [1.54, 1.807) is 0 Å². The standard InChI is InChI=1S/C19H15F3N2O4S2/c1-12-6-8-14(23-30(27,28)19-10-13(20)7-9-16(19)22)11-18(12)29(25,26)24-17-5-3-2-4-15(17)21/h2-11,23-24H,1H3. The first-order valence-electron chi connectivity index (χ1n) is 8.35. The van der Waals surface area contributed by atoms with E-state index in [-0.39, 0.29) is 21.8 Å². The topological polar surface area (TPSA) is 92.3 Å². The SMILES string of the molecule is Cc1ccc(NS(=O)(=O)c2cc(F)ccc2F)cc1S(=O)(=O)Nc1ccccc1F. The Kier molecular flexibility index (Phi) is 5.77. The van der Waals surface area contributed by atoms with E-state index in [1.165, 1.54) is 37.3 Å². The van der Waals surface area contributed by atoms with Gasteiger partial charge in [-0.05, 0) is 55.0 Å². The van der Waals surface area contributed by atoms with Crippen molar-refractivity contribution in [2.45, 2.75) is 16.7 Å². The molecule has 3 aromatic carbocycles. The molecule has 0 aliphatic heterocycles. The largest absolute Gasteiger partial charge is 0.279 e. The van der Waals surface area contributed by atoms with Gasteiger partial charge in [-0.1, -0.05) is 18.2 Å². The van der Waals surface area contributed by atoms with Crippen LogP contribution in [0.5, 0.6) is 0 Å². The first-order valence-corrected chi connectivity index (χ1v) is 11.3. The number of hydrogen-bond donors (Lipinski definition) is 2. The summed E-state index contributed by atoms with van der Waals surface area (Å²) in [6.07, 6.45) is 0. The summed E-state index contributed by atoms with van der Waals surface area (Å²) in [7, 11) is -8.83. The minimum Gasteiger partial charge on any atom is -0.279 e. The zero-order valence-electron chi connectivity index (χ0n) is 15.4. The molecular weight excluding hydrogens is 441 g/mol. The highest BCUT2D eigenvalue weighted by Crippen LogP contribution is 2.26. The third-order valence-electron chi connectivity index (χ3n) is 4.03. The number of sulfonamides is 2. The minimum atomic E-state index is -4.55. The second-order valence-electron chi connectivity index (χ2n) is 6.25. The van der Waals surface area contributed by atoms with Gasteiger partial charge in [0.05, 0.1) is 16.3 Å². The van der Waals surface area contributed by atoms with Crippen molar-refractivity contribution in [1.82, 2.24) is 0 Å². The molecule has 0 unspecified atom stereocenters. The van der Waals surface area contributed by atoms with Gasteiger partial charge in [-0.2, -0.15) is 0 Å². The van der Waals surface area contributed by atoms with Gasteiger partial charge in [0.25, 0.3) is 20.0 Å². The fourth-order valence-corrected chi connectivity index (χ4v) is 5.07. The van der Waals surface area contributed by atoms with Gasteiger partial charge in [-0.3, -0.25) is 9.44 Å². The Labute approximate surface area is 171 Å². The lowest BCUT2D eigenvalue weighted by Gasteiger charge is -2.14. The predicted molar refractivity (Wildman–Crippen MR) is 106 cm³/mol. The van der Waals surface area contributed by atoms with Gasteiger partial charge in [0, 0.05) is 0 Å². The molecule has 11 heteroatoms. The lowest BCUT2D eigenvalue weighted by Crippen LogP contribution is -2.17. The Balaban J connectivity index is 1.97. The van der Waals surface area contributed by atoms with Gasteiger partial charge < -0.3 is 0 Å². The van der Waals surface area contributed by atoms with Crippen LogP contribution >= 0.6 is 0 Å². The Morgan fingerprint density at radius 1 is 0.700 bits per heavy atom. The first-order chi connectivity index (χ1) is 14.0. The van der Waals surface area contributed by atoms with Gasteiger partial charge in [-0.15, -0.1) is 0 Å². The number of hydrogen-bond acceptors (Lipinski definition) is 4. The summed E-state index contributed by atoms with van der Waals surface area (Å²) in [5.74, 6) is -2.93. The third-order valence-corrected chi connectivity index (χ3v) is 6.93. The zero-order chi connectivity index (χ0) is 22.1. The molecule has 0 bridgehead atoms. The highest BCUT2D eigenvalue weighted by molar-refractivity contribution is 7.93. The molecule has 0 amide bonds. The van der Waals surface area contributed by atoms with E-state index in [1.807, 2.05) is 4.72 Å². The van der Waals surface area contributed by atoms with Gasteiger partial charge in [-0.25, -0.2) is 30.0 Å². The van der Waals surface area contributed by atoms with Crippen LogP contribution in [-0.4, -0.2) is 16.8 Å². The fourth-order valence-electron chi connectivity index (χ4n) is 2.59. The Hall–Kier alpha value is -3.05. The molecule has 2 N–H and O–H groups in total. The van der Waals surface area contributed by atoms with Crippen molar-refractivity contribution >= 4 is 31.4 Å². The fraction of sp³-hybridized carbons (Fsp3) is 0.0526. The number of para-hydroxylation sites is 1. The maximum Gasteiger partial charge on any atom is 0.264 e. The molecule has 0 aromatic heterocycles. The number of rotatable bonds is 6. The van der Waals surface area contributed by atoms with Crippen LogP contribution in [0, 0.1) is 24.4 Å². The quantitative estimate of drug-likeness (QED) is 0.586. The monoisotopic (exact) mass is 456 g/mol.